The minimum atomic E-state index is -1.02. The van der Waals surface area contributed by atoms with Crippen LogP contribution >= 0.6 is 11.6 Å². The van der Waals surface area contributed by atoms with Gasteiger partial charge in [0, 0.05) is 11.6 Å². The van der Waals surface area contributed by atoms with E-state index < -0.39 is 5.97 Å². The first-order chi connectivity index (χ1) is 8.59. The van der Waals surface area contributed by atoms with Crippen LogP contribution in [0.15, 0.2) is 36.4 Å². The largest absolute Gasteiger partial charge is 0.478 e. The van der Waals surface area contributed by atoms with Crippen LogP contribution in [0.1, 0.15) is 11.3 Å². The van der Waals surface area contributed by atoms with Gasteiger partial charge in [-0.1, -0.05) is 29.8 Å². The number of halogens is 1. The summed E-state index contributed by atoms with van der Waals surface area (Å²) < 4.78 is 1.58. The van der Waals surface area contributed by atoms with E-state index in [2.05, 4.69) is 5.10 Å². The zero-order valence-corrected chi connectivity index (χ0v) is 10.4. The van der Waals surface area contributed by atoms with Gasteiger partial charge in [-0.15, -0.1) is 0 Å². The van der Waals surface area contributed by atoms with Gasteiger partial charge in [-0.25, -0.2) is 9.48 Å². The lowest BCUT2D eigenvalue weighted by Gasteiger charge is -2.01. The second kappa shape index (κ2) is 5.06. The molecule has 0 aliphatic rings. The van der Waals surface area contributed by atoms with Gasteiger partial charge in [-0.05, 0) is 25.1 Å². The standard InChI is InChI=1S/C13H11ClN2O2/c1-9-11(7-8-12(17)18)13(14)16(15-9)10-5-3-2-4-6-10/h2-8H,1H3,(H,17,18). The van der Waals surface area contributed by atoms with Crippen LogP contribution in [-0.2, 0) is 4.79 Å². The lowest BCUT2D eigenvalue weighted by Crippen LogP contribution is -1.95. The van der Waals surface area contributed by atoms with E-state index in [-0.39, 0.29) is 0 Å². The van der Waals surface area contributed by atoms with Crippen molar-refractivity contribution in [2.24, 2.45) is 0 Å². The van der Waals surface area contributed by atoms with Crippen molar-refractivity contribution < 1.29 is 9.90 Å². The van der Waals surface area contributed by atoms with E-state index in [9.17, 15) is 4.79 Å². The summed E-state index contributed by atoms with van der Waals surface area (Å²) in [6.45, 7) is 1.78. The van der Waals surface area contributed by atoms with Crippen LogP contribution in [-0.4, -0.2) is 20.9 Å². The van der Waals surface area contributed by atoms with E-state index >= 15 is 0 Å². The molecule has 0 aliphatic carbocycles. The first-order valence-corrected chi connectivity index (χ1v) is 5.69. The third kappa shape index (κ3) is 2.43. The third-order valence-corrected chi connectivity index (χ3v) is 2.81. The second-order valence-corrected chi connectivity index (χ2v) is 4.07. The summed E-state index contributed by atoms with van der Waals surface area (Å²) in [6, 6.07) is 9.43. The molecule has 0 unspecified atom stereocenters. The van der Waals surface area contributed by atoms with Crippen LogP contribution in [0.4, 0.5) is 0 Å². The highest BCUT2D eigenvalue weighted by Crippen LogP contribution is 2.24. The molecule has 92 valence electrons. The molecule has 0 amide bonds. The Balaban J connectivity index is 2.47. The molecule has 0 fully saturated rings. The van der Waals surface area contributed by atoms with Gasteiger partial charge in [0.1, 0.15) is 5.15 Å². The molecule has 1 N–H and O–H groups in total. The molecule has 1 aromatic heterocycles. The molecular weight excluding hydrogens is 252 g/mol. The van der Waals surface area contributed by atoms with E-state index in [1.807, 2.05) is 30.3 Å². The number of nitrogens with zero attached hydrogens (tertiary/aromatic N) is 2. The Bertz CT molecular complexity index is 603. The fraction of sp³-hybridized carbons (Fsp3) is 0.0769. The van der Waals surface area contributed by atoms with Gasteiger partial charge in [0.25, 0.3) is 0 Å². The van der Waals surface area contributed by atoms with E-state index in [0.717, 1.165) is 11.8 Å². The Morgan fingerprint density at radius 1 is 1.39 bits per heavy atom. The summed E-state index contributed by atoms with van der Waals surface area (Å²) in [7, 11) is 0. The highest BCUT2D eigenvalue weighted by molar-refractivity contribution is 6.31. The van der Waals surface area contributed by atoms with Gasteiger partial charge in [0.2, 0.25) is 0 Å². The van der Waals surface area contributed by atoms with Gasteiger partial charge < -0.3 is 5.11 Å². The monoisotopic (exact) mass is 262 g/mol. The predicted molar refractivity (Wildman–Crippen MR) is 70.0 cm³/mol. The second-order valence-electron chi connectivity index (χ2n) is 3.71. The molecule has 18 heavy (non-hydrogen) atoms. The first-order valence-electron chi connectivity index (χ1n) is 5.31. The van der Waals surface area contributed by atoms with Crippen molar-refractivity contribution in [2.75, 3.05) is 0 Å². The number of hydrogen-bond donors (Lipinski definition) is 1. The molecule has 0 aliphatic heterocycles. The Morgan fingerprint density at radius 3 is 2.67 bits per heavy atom. The van der Waals surface area contributed by atoms with Crippen molar-refractivity contribution in [3.05, 3.63) is 52.8 Å². The maximum Gasteiger partial charge on any atom is 0.328 e. The van der Waals surface area contributed by atoms with Crippen molar-refractivity contribution >= 4 is 23.6 Å². The molecule has 4 nitrogen and oxygen atoms in total. The van der Waals surface area contributed by atoms with Gasteiger partial charge in [0.15, 0.2) is 0 Å². The van der Waals surface area contributed by atoms with Gasteiger partial charge in [-0.2, -0.15) is 5.10 Å². The van der Waals surface area contributed by atoms with Crippen LogP contribution in [0.3, 0.4) is 0 Å². The molecule has 0 spiro atoms. The molecule has 0 bridgehead atoms. The molecule has 1 aromatic carbocycles. The summed E-state index contributed by atoms with van der Waals surface area (Å²) in [5, 5.41) is 13.3. The average Bonchev–Trinajstić information content (AvgIpc) is 2.63. The molecule has 0 saturated heterocycles. The van der Waals surface area contributed by atoms with Crippen molar-refractivity contribution in [2.45, 2.75) is 6.92 Å². The van der Waals surface area contributed by atoms with Gasteiger partial charge >= 0.3 is 5.97 Å². The van der Waals surface area contributed by atoms with E-state index in [0.29, 0.717) is 16.4 Å². The van der Waals surface area contributed by atoms with E-state index in [1.54, 1.807) is 11.6 Å². The van der Waals surface area contributed by atoms with Crippen molar-refractivity contribution in [1.82, 2.24) is 9.78 Å². The fourth-order valence-corrected chi connectivity index (χ4v) is 1.93. The Morgan fingerprint density at radius 2 is 2.06 bits per heavy atom. The molecule has 2 rings (SSSR count). The van der Waals surface area contributed by atoms with Crippen molar-refractivity contribution in [1.29, 1.82) is 0 Å². The molecule has 0 saturated carbocycles. The number of aryl methyl sites for hydroxylation is 1. The minimum Gasteiger partial charge on any atom is -0.478 e. The van der Waals surface area contributed by atoms with Crippen LogP contribution in [0.2, 0.25) is 5.15 Å². The Hall–Kier alpha value is -2.07. The number of benzene rings is 1. The quantitative estimate of drug-likeness (QED) is 0.866. The number of carboxylic acids is 1. The smallest absolute Gasteiger partial charge is 0.328 e. The summed E-state index contributed by atoms with van der Waals surface area (Å²) in [5.41, 5.74) is 2.13. The van der Waals surface area contributed by atoms with Gasteiger partial charge in [-0.3, -0.25) is 0 Å². The van der Waals surface area contributed by atoms with Crippen LogP contribution < -0.4 is 0 Å². The van der Waals surface area contributed by atoms with Crippen molar-refractivity contribution in [3.63, 3.8) is 0 Å². The summed E-state index contributed by atoms with van der Waals surface area (Å²) in [6.07, 6.45) is 2.50. The summed E-state index contributed by atoms with van der Waals surface area (Å²) in [5.74, 6) is -1.02. The first kappa shape index (κ1) is 12.4. The van der Waals surface area contributed by atoms with Crippen LogP contribution in [0.25, 0.3) is 11.8 Å². The SMILES string of the molecule is Cc1nn(-c2ccccc2)c(Cl)c1C=CC(=O)O. The number of carbonyl (C=O) groups is 1. The van der Waals surface area contributed by atoms with Gasteiger partial charge in [0.05, 0.1) is 11.4 Å². The molecule has 1 heterocycles. The number of para-hydroxylation sites is 1. The lowest BCUT2D eigenvalue weighted by atomic mass is 10.2. The topological polar surface area (TPSA) is 55.1 Å². The maximum absolute atomic E-state index is 10.5. The normalized spacial score (nSPS) is 11.0. The van der Waals surface area contributed by atoms with Crippen molar-refractivity contribution in [3.8, 4) is 5.69 Å². The average molecular weight is 263 g/mol. The summed E-state index contributed by atoms with van der Waals surface area (Å²) in [4.78, 5) is 10.5. The fourth-order valence-electron chi connectivity index (χ4n) is 1.60. The highest BCUT2D eigenvalue weighted by Gasteiger charge is 2.12. The lowest BCUT2D eigenvalue weighted by molar-refractivity contribution is -0.131. The third-order valence-electron chi connectivity index (χ3n) is 2.44. The number of aromatic nitrogens is 2. The number of aliphatic carboxylic acids is 1. The Kier molecular flexibility index (Phi) is 3.48. The molecule has 0 radical (unpaired) electrons. The Labute approximate surface area is 109 Å². The van der Waals surface area contributed by atoms with Crippen LogP contribution in [0, 0.1) is 6.92 Å². The number of carboxylic acid groups (broad SMARTS) is 1. The van der Waals surface area contributed by atoms with Crippen LogP contribution in [0.5, 0.6) is 0 Å². The number of hydrogen-bond acceptors (Lipinski definition) is 2. The zero-order valence-electron chi connectivity index (χ0n) is 9.67. The van der Waals surface area contributed by atoms with E-state index in [4.69, 9.17) is 16.7 Å². The van der Waals surface area contributed by atoms with E-state index in [1.165, 1.54) is 6.08 Å². The molecular formula is C13H11ClN2O2. The predicted octanol–water partition coefficient (Wildman–Crippen LogP) is 2.93. The maximum atomic E-state index is 10.5. The highest BCUT2D eigenvalue weighted by atomic mass is 35.5. The summed E-state index contributed by atoms with van der Waals surface area (Å²) >= 11 is 6.20. The molecule has 2 aromatic rings. The molecule has 0 atom stereocenters. The number of rotatable bonds is 3. The minimum absolute atomic E-state index is 0.399. The zero-order chi connectivity index (χ0) is 13.1. The molecule has 5 heteroatoms.